The molecule has 0 amide bonds. The van der Waals surface area contributed by atoms with E-state index in [0.717, 1.165) is 29.4 Å². The summed E-state index contributed by atoms with van der Waals surface area (Å²) in [6, 6.07) is 10.4. The predicted molar refractivity (Wildman–Crippen MR) is 87.6 cm³/mol. The van der Waals surface area contributed by atoms with E-state index in [-0.39, 0.29) is 0 Å². The first kappa shape index (κ1) is 13.9. The molecule has 3 fully saturated rings. The van der Waals surface area contributed by atoms with Gasteiger partial charge in [0.05, 0.1) is 18.6 Å². The van der Waals surface area contributed by atoms with Gasteiger partial charge in [0.1, 0.15) is 12.1 Å². The second-order valence-electron chi connectivity index (χ2n) is 6.77. The van der Waals surface area contributed by atoms with Crippen LogP contribution < -0.4 is 4.90 Å². The van der Waals surface area contributed by atoms with Crippen molar-refractivity contribution in [2.45, 2.75) is 25.0 Å². The number of hydrogen-bond donors (Lipinski definition) is 2. The molecule has 0 radical (unpaired) electrons. The van der Waals surface area contributed by atoms with Crippen LogP contribution in [0.25, 0.3) is 10.9 Å². The molecule has 114 valence electrons. The van der Waals surface area contributed by atoms with Crippen molar-refractivity contribution in [3.63, 3.8) is 0 Å². The predicted octanol–water partition coefficient (Wildman–Crippen LogP) is 1.75. The number of aliphatic hydroxyl groups is 1. The van der Waals surface area contributed by atoms with Gasteiger partial charge >= 0.3 is 0 Å². The van der Waals surface area contributed by atoms with Gasteiger partial charge < -0.3 is 10.0 Å². The summed E-state index contributed by atoms with van der Waals surface area (Å²) in [6.07, 6.45) is 5.90. The minimum Gasteiger partial charge on any atom is -0.382 e. The van der Waals surface area contributed by atoms with E-state index in [9.17, 15) is 5.11 Å². The molecule has 2 aromatic rings. The molecule has 0 spiro atoms. The third-order valence-corrected chi connectivity index (χ3v) is 5.71. The number of fused-ring (bicyclic) bond motifs is 4. The number of para-hydroxylation sites is 1. The Bertz CT molecular complexity index is 693. The fraction of sp³-hybridized carbons (Fsp3) is 0.421. The van der Waals surface area contributed by atoms with E-state index in [1.807, 2.05) is 30.5 Å². The smallest absolute Gasteiger partial charge is 0.131 e. The van der Waals surface area contributed by atoms with Gasteiger partial charge in [-0.3, -0.25) is 4.98 Å². The van der Waals surface area contributed by atoms with Gasteiger partial charge in [-0.2, -0.15) is 0 Å². The van der Waals surface area contributed by atoms with Crippen LogP contribution in [0.15, 0.2) is 49.2 Å². The van der Waals surface area contributed by atoms with Crippen molar-refractivity contribution < 1.29 is 10.0 Å². The van der Waals surface area contributed by atoms with Crippen LogP contribution in [0.4, 0.5) is 0 Å². The number of rotatable bonds is 3. The first-order chi connectivity index (χ1) is 10.8. The highest BCUT2D eigenvalue weighted by molar-refractivity contribution is 5.82. The number of nitrogens with zero attached hydrogens (tertiary/aromatic N) is 1. The summed E-state index contributed by atoms with van der Waals surface area (Å²) in [6.45, 7) is 6.29. The van der Waals surface area contributed by atoms with Gasteiger partial charge in [-0.15, -0.1) is 6.58 Å². The Kier molecular flexibility index (Phi) is 3.47. The maximum Gasteiger partial charge on any atom is 0.131 e. The van der Waals surface area contributed by atoms with Crippen LogP contribution in [-0.4, -0.2) is 29.2 Å². The lowest BCUT2D eigenvalue weighted by molar-refractivity contribution is -0.949. The molecule has 0 aliphatic carbocycles. The Hall–Kier alpha value is -1.71. The zero-order valence-corrected chi connectivity index (χ0v) is 12.8. The highest BCUT2D eigenvalue weighted by Crippen LogP contribution is 2.33. The first-order valence-electron chi connectivity index (χ1n) is 8.27. The zero-order chi connectivity index (χ0) is 15.1. The highest BCUT2D eigenvalue weighted by Gasteiger charge is 2.45. The van der Waals surface area contributed by atoms with Crippen molar-refractivity contribution in [3.8, 4) is 0 Å². The van der Waals surface area contributed by atoms with E-state index in [0.29, 0.717) is 17.9 Å². The van der Waals surface area contributed by atoms with Gasteiger partial charge in [0.2, 0.25) is 0 Å². The number of hydrogen-bond acceptors (Lipinski definition) is 2. The average Bonchev–Trinajstić information content (AvgIpc) is 2.60. The summed E-state index contributed by atoms with van der Waals surface area (Å²) in [4.78, 5) is 5.95. The van der Waals surface area contributed by atoms with Gasteiger partial charge in [0, 0.05) is 30.3 Å². The Morgan fingerprint density at radius 3 is 2.95 bits per heavy atom. The molecule has 2 bridgehead atoms. The average molecular weight is 295 g/mol. The summed E-state index contributed by atoms with van der Waals surface area (Å²) < 4.78 is 0. The summed E-state index contributed by atoms with van der Waals surface area (Å²) in [5.74, 6) is 1.32. The quantitative estimate of drug-likeness (QED) is 0.847. The largest absolute Gasteiger partial charge is 0.382 e. The molecule has 0 saturated carbocycles. The van der Waals surface area contributed by atoms with Gasteiger partial charge in [0.15, 0.2) is 0 Å². The Labute approximate surface area is 131 Å². The second kappa shape index (κ2) is 5.49. The molecule has 22 heavy (non-hydrogen) atoms. The number of aliphatic hydroxyl groups excluding tert-OH is 1. The van der Waals surface area contributed by atoms with Gasteiger partial charge in [0.25, 0.3) is 0 Å². The second-order valence-corrected chi connectivity index (χ2v) is 6.77. The molecule has 1 aromatic heterocycles. The fourth-order valence-electron chi connectivity index (χ4n) is 4.50. The molecule has 5 rings (SSSR count). The van der Waals surface area contributed by atoms with Crippen molar-refractivity contribution in [2.24, 2.45) is 11.8 Å². The molecule has 3 heteroatoms. The monoisotopic (exact) mass is 295 g/mol. The van der Waals surface area contributed by atoms with E-state index < -0.39 is 6.10 Å². The van der Waals surface area contributed by atoms with E-state index in [1.165, 1.54) is 13.0 Å². The summed E-state index contributed by atoms with van der Waals surface area (Å²) in [7, 11) is 0. The van der Waals surface area contributed by atoms with Gasteiger partial charge in [-0.05, 0) is 23.6 Å². The molecular weight excluding hydrogens is 272 g/mol. The minimum atomic E-state index is -0.406. The van der Waals surface area contributed by atoms with Crippen LogP contribution in [-0.2, 0) is 0 Å². The third kappa shape index (κ3) is 2.16. The van der Waals surface area contributed by atoms with Crippen molar-refractivity contribution >= 4 is 10.9 Å². The Morgan fingerprint density at radius 1 is 1.32 bits per heavy atom. The van der Waals surface area contributed by atoms with E-state index in [1.54, 1.807) is 4.90 Å². The third-order valence-electron chi connectivity index (χ3n) is 5.71. The molecule has 3 aliphatic heterocycles. The number of benzene rings is 1. The Morgan fingerprint density at radius 2 is 2.18 bits per heavy atom. The number of piperidine rings is 3. The number of nitrogens with one attached hydrogen (secondary N) is 1. The molecule has 2 N–H and O–H groups in total. The maximum absolute atomic E-state index is 11.0. The summed E-state index contributed by atoms with van der Waals surface area (Å²) >= 11 is 0. The van der Waals surface area contributed by atoms with Gasteiger partial charge in [-0.1, -0.05) is 24.3 Å². The number of quaternary nitrogens is 1. The highest BCUT2D eigenvalue weighted by atomic mass is 16.3. The minimum absolute atomic E-state index is 0.306. The van der Waals surface area contributed by atoms with Crippen LogP contribution in [0.1, 0.15) is 24.5 Å². The van der Waals surface area contributed by atoms with E-state index in [4.69, 9.17) is 0 Å². The molecule has 3 nitrogen and oxygen atoms in total. The van der Waals surface area contributed by atoms with Crippen molar-refractivity contribution in [1.82, 2.24) is 4.98 Å². The first-order valence-corrected chi connectivity index (χ1v) is 8.27. The summed E-state index contributed by atoms with van der Waals surface area (Å²) in [5.41, 5.74) is 2.00. The number of aromatic nitrogens is 1. The molecule has 1 aromatic carbocycles. The van der Waals surface area contributed by atoms with Crippen LogP contribution >= 0.6 is 0 Å². The lowest BCUT2D eigenvalue weighted by Gasteiger charge is -2.47. The van der Waals surface area contributed by atoms with Crippen molar-refractivity contribution in [3.05, 3.63) is 54.7 Å². The SMILES string of the molecule is C=C[C@H]1C[NH+]2CC[C@H]1C[C@@H]2[C@@H](O)c1ccnc2ccccc12. The zero-order valence-electron chi connectivity index (χ0n) is 12.8. The van der Waals surface area contributed by atoms with Crippen LogP contribution in [0, 0.1) is 11.8 Å². The molecule has 1 unspecified atom stereocenters. The lowest BCUT2D eigenvalue weighted by Crippen LogP contribution is -3.20. The lowest BCUT2D eigenvalue weighted by atomic mass is 9.73. The van der Waals surface area contributed by atoms with Crippen LogP contribution in [0.3, 0.4) is 0 Å². The Balaban J connectivity index is 1.67. The fourth-order valence-corrected chi connectivity index (χ4v) is 4.50. The van der Waals surface area contributed by atoms with Gasteiger partial charge in [-0.25, -0.2) is 0 Å². The van der Waals surface area contributed by atoms with Crippen molar-refractivity contribution in [2.75, 3.05) is 13.1 Å². The van der Waals surface area contributed by atoms with E-state index >= 15 is 0 Å². The van der Waals surface area contributed by atoms with Crippen LogP contribution in [0.2, 0.25) is 0 Å². The normalized spacial score (nSPS) is 32.0. The molecule has 5 atom stereocenters. The topological polar surface area (TPSA) is 37.6 Å². The standard InChI is InChI=1S/C19H22N2O/c1-2-13-12-21-10-8-14(13)11-18(21)19(22)16-7-9-20-17-6-4-3-5-15(16)17/h2-7,9,13-14,18-19,22H,1,8,10-12H2/p+1/t13-,14-,18+,19-/m0/s1. The maximum atomic E-state index is 11.0. The summed E-state index contributed by atoms with van der Waals surface area (Å²) in [5, 5.41) is 12.1. The molecular formula is C19H23N2O+. The van der Waals surface area contributed by atoms with Crippen molar-refractivity contribution in [1.29, 1.82) is 0 Å². The van der Waals surface area contributed by atoms with E-state index in [2.05, 4.69) is 23.7 Å². The molecule has 3 aliphatic rings. The van der Waals surface area contributed by atoms with Crippen LogP contribution in [0.5, 0.6) is 0 Å². The molecule has 4 heterocycles. The number of pyridine rings is 1. The molecule has 3 saturated heterocycles.